The van der Waals surface area contributed by atoms with E-state index in [-0.39, 0.29) is 11.8 Å². The van der Waals surface area contributed by atoms with Crippen LogP contribution in [0.2, 0.25) is 0 Å². The molecule has 54 valence electrons. The van der Waals surface area contributed by atoms with Gasteiger partial charge in [0.05, 0.1) is 0 Å². The average Bonchev–Trinajstić information content (AvgIpc) is 2.05. The smallest absolute Gasteiger partial charge is 0.220 e. The Morgan fingerprint density at radius 2 is 2.10 bits per heavy atom. The Morgan fingerprint density at radius 3 is 2.70 bits per heavy atom. The minimum absolute atomic E-state index is 0.0878. The summed E-state index contributed by atoms with van der Waals surface area (Å²) in [6, 6.07) is 1.26. The zero-order valence-electron chi connectivity index (χ0n) is 4.81. The van der Waals surface area contributed by atoms with Crippen LogP contribution >= 0.6 is 0 Å². The van der Waals surface area contributed by atoms with Crippen LogP contribution in [0.15, 0.2) is 12.3 Å². The van der Waals surface area contributed by atoms with E-state index in [1.807, 2.05) is 0 Å². The van der Waals surface area contributed by atoms with E-state index >= 15 is 0 Å². The van der Waals surface area contributed by atoms with Crippen LogP contribution in [0.1, 0.15) is 0 Å². The Balaban J connectivity index is 2.87. The minimum Gasteiger partial charge on any atom is -0.220 e. The van der Waals surface area contributed by atoms with Crippen molar-refractivity contribution in [2.75, 3.05) is 11.1 Å². The van der Waals surface area contributed by atoms with Crippen molar-refractivity contribution in [1.29, 1.82) is 0 Å². The first kappa shape index (κ1) is 6.66. The van der Waals surface area contributed by atoms with Gasteiger partial charge in [-0.15, -0.1) is 8.96 Å². The molecule has 0 aliphatic carbocycles. The van der Waals surface area contributed by atoms with Gasteiger partial charge >= 0.3 is 0 Å². The lowest BCUT2D eigenvalue weighted by Gasteiger charge is -1.95. The van der Waals surface area contributed by atoms with E-state index in [4.69, 9.17) is 0 Å². The Bertz CT molecular complexity index is 197. The molecule has 0 aromatic carbocycles. The van der Waals surface area contributed by atoms with Gasteiger partial charge in [0.2, 0.25) is 0 Å². The van der Waals surface area contributed by atoms with Crippen molar-refractivity contribution in [3.05, 3.63) is 12.3 Å². The van der Waals surface area contributed by atoms with Crippen molar-refractivity contribution in [2.24, 2.45) is 0 Å². The number of halogens is 2. The predicted molar refractivity (Wildman–Crippen MR) is 31.5 cm³/mol. The zero-order chi connectivity index (χ0) is 7.40. The first-order chi connectivity index (χ1) is 4.86. The van der Waals surface area contributed by atoms with Gasteiger partial charge in [0.15, 0.2) is 5.82 Å². The van der Waals surface area contributed by atoms with Gasteiger partial charge in [-0.2, -0.15) is 10.5 Å². The van der Waals surface area contributed by atoms with Gasteiger partial charge < -0.3 is 0 Å². The van der Waals surface area contributed by atoms with Gasteiger partial charge in [0.25, 0.3) is 5.95 Å². The highest BCUT2D eigenvalue weighted by Gasteiger charge is 1.94. The summed E-state index contributed by atoms with van der Waals surface area (Å²) in [5.41, 5.74) is 2.42. The summed E-state index contributed by atoms with van der Waals surface area (Å²) in [5, 5.41) is 0. The summed E-state index contributed by atoms with van der Waals surface area (Å²) in [6.07, 6.45) is 1.22. The number of aromatic nitrogens is 2. The third-order valence-corrected chi connectivity index (χ3v) is 0.837. The molecule has 1 aromatic rings. The second-order valence-electron chi connectivity index (χ2n) is 1.45. The lowest BCUT2D eigenvalue weighted by Crippen LogP contribution is -1.94. The fourth-order valence-electron chi connectivity index (χ4n) is 0.457. The van der Waals surface area contributed by atoms with Crippen molar-refractivity contribution >= 4 is 11.8 Å². The first-order valence-corrected chi connectivity index (χ1v) is 2.43. The maximum absolute atomic E-state index is 11.6. The highest BCUT2D eigenvalue weighted by molar-refractivity contribution is 5.36. The number of nitrogens with one attached hydrogen (secondary N) is 2. The maximum atomic E-state index is 11.6. The van der Waals surface area contributed by atoms with Gasteiger partial charge in [-0.1, -0.05) is 0 Å². The lowest BCUT2D eigenvalue weighted by atomic mass is 10.6. The molecule has 0 spiro atoms. The van der Waals surface area contributed by atoms with Crippen LogP contribution in [-0.2, 0) is 0 Å². The molecule has 10 heavy (non-hydrogen) atoms. The van der Waals surface area contributed by atoms with Crippen LogP contribution in [0.5, 0.6) is 0 Å². The third-order valence-electron chi connectivity index (χ3n) is 0.837. The van der Waals surface area contributed by atoms with Crippen LogP contribution in [0.4, 0.5) is 20.7 Å². The molecule has 0 aliphatic heterocycles. The highest BCUT2D eigenvalue weighted by Crippen LogP contribution is 2.04. The molecule has 0 saturated heterocycles. The maximum Gasteiger partial charge on any atom is 0.253 e. The average molecular weight is 146 g/mol. The van der Waals surface area contributed by atoms with Crippen LogP contribution in [0.3, 0.4) is 0 Å². The molecular weight excluding hydrogens is 142 g/mol. The molecular formula is C4H4F2N4. The molecule has 6 heteroatoms. The van der Waals surface area contributed by atoms with E-state index < -0.39 is 0 Å². The van der Waals surface area contributed by atoms with E-state index in [2.05, 4.69) is 9.97 Å². The van der Waals surface area contributed by atoms with Crippen LogP contribution in [0.25, 0.3) is 0 Å². The minimum atomic E-state index is -0.275. The summed E-state index contributed by atoms with van der Waals surface area (Å²) in [4.78, 5) is 6.73. The Morgan fingerprint density at radius 1 is 1.30 bits per heavy atom. The van der Waals surface area contributed by atoms with E-state index in [0.717, 1.165) is 0 Å². The van der Waals surface area contributed by atoms with Crippen molar-refractivity contribution in [1.82, 2.24) is 9.97 Å². The quantitative estimate of drug-likeness (QED) is 0.612. The molecule has 0 saturated carbocycles. The van der Waals surface area contributed by atoms with Gasteiger partial charge in [-0.3, -0.25) is 0 Å². The summed E-state index contributed by atoms with van der Waals surface area (Å²) >= 11 is 0. The van der Waals surface area contributed by atoms with Crippen molar-refractivity contribution in [2.45, 2.75) is 0 Å². The number of anilines is 2. The van der Waals surface area contributed by atoms with Gasteiger partial charge in [-0.05, 0) is 0 Å². The molecule has 0 radical (unpaired) electrons. The molecule has 0 fully saturated rings. The van der Waals surface area contributed by atoms with E-state index in [1.165, 1.54) is 23.3 Å². The number of hydrogen-bond donors (Lipinski definition) is 2. The fourth-order valence-corrected chi connectivity index (χ4v) is 0.457. The standard InChI is InChI=1S/C4H4F2N4/c5-9-3-1-2-7-4(8-3)10-6/h1-2H,(H2,7,8,9,10). The van der Waals surface area contributed by atoms with Crippen LogP contribution < -0.4 is 11.1 Å². The largest absolute Gasteiger partial charge is 0.253 e. The molecule has 4 nitrogen and oxygen atoms in total. The monoisotopic (exact) mass is 146 g/mol. The molecule has 0 bridgehead atoms. The van der Waals surface area contributed by atoms with Crippen LogP contribution in [-0.4, -0.2) is 9.97 Å². The summed E-state index contributed by atoms with van der Waals surface area (Å²) in [6.45, 7) is 0. The molecule has 1 heterocycles. The number of nitrogens with zero attached hydrogens (tertiary/aromatic N) is 2. The predicted octanol–water partition coefficient (Wildman–Crippen LogP) is 1.07. The molecule has 2 N–H and O–H groups in total. The zero-order valence-corrected chi connectivity index (χ0v) is 4.81. The highest BCUT2D eigenvalue weighted by atomic mass is 19.2. The summed E-state index contributed by atoms with van der Waals surface area (Å²) < 4.78 is 23.1. The van der Waals surface area contributed by atoms with E-state index in [0.29, 0.717) is 0 Å². The van der Waals surface area contributed by atoms with E-state index in [1.54, 1.807) is 0 Å². The summed E-state index contributed by atoms with van der Waals surface area (Å²) in [7, 11) is 0. The molecule has 0 atom stereocenters. The summed E-state index contributed by atoms with van der Waals surface area (Å²) in [5.74, 6) is -0.363. The first-order valence-electron chi connectivity index (χ1n) is 2.43. The fraction of sp³-hybridized carbons (Fsp3) is 0. The third kappa shape index (κ3) is 1.28. The van der Waals surface area contributed by atoms with Crippen molar-refractivity contribution < 1.29 is 8.96 Å². The second kappa shape index (κ2) is 2.90. The van der Waals surface area contributed by atoms with Gasteiger partial charge in [0, 0.05) is 12.3 Å². The molecule has 0 unspecified atom stereocenters. The topological polar surface area (TPSA) is 49.8 Å². The Labute approximate surface area is 55.2 Å². The normalized spacial score (nSPS) is 9.00. The van der Waals surface area contributed by atoms with Gasteiger partial charge in [-0.25, -0.2) is 10.5 Å². The molecule has 1 aromatic heterocycles. The molecule has 0 amide bonds. The Hall–Kier alpha value is -1.46. The Kier molecular flexibility index (Phi) is 1.93. The number of hydrogen-bond acceptors (Lipinski definition) is 4. The van der Waals surface area contributed by atoms with E-state index in [9.17, 15) is 8.96 Å². The van der Waals surface area contributed by atoms with Crippen molar-refractivity contribution in [3.8, 4) is 0 Å². The lowest BCUT2D eigenvalue weighted by molar-refractivity contribution is 0.596. The molecule has 1 rings (SSSR count). The van der Waals surface area contributed by atoms with Gasteiger partial charge in [0.1, 0.15) is 0 Å². The van der Waals surface area contributed by atoms with Crippen LogP contribution in [0, 0.1) is 0 Å². The number of rotatable bonds is 2. The van der Waals surface area contributed by atoms with Crippen molar-refractivity contribution in [3.63, 3.8) is 0 Å². The molecule has 0 aliphatic rings. The second-order valence-corrected chi connectivity index (χ2v) is 1.45. The SMILES string of the molecule is FNc1ccnc(NF)n1.